The first-order chi connectivity index (χ1) is 13.5. The Kier molecular flexibility index (Phi) is 6.30. The maximum atomic E-state index is 12.9. The lowest BCUT2D eigenvalue weighted by atomic mass is 10.2. The number of hydrogen-bond acceptors (Lipinski definition) is 6. The second kappa shape index (κ2) is 8.87. The van der Waals surface area contributed by atoms with Gasteiger partial charge in [-0.2, -0.15) is 0 Å². The van der Waals surface area contributed by atoms with E-state index in [1.54, 1.807) is 31.0 Å². The maximum Gasteiger partial charge on any atom is 0.243 e. The zero-order valence-corrected chi connectivity index (χ0v) is 16.7. The normalized spacial score (nSPS) is 10.9. The van der Waals surface area contributed by atoms with Gasteiger partial charge in [-0.1, -0.05) is 23.9 Å². The number of nitrogens with zero attached hydrogens (tertiary/aromatic N) is 5. The van der Waals surface area contributed by atoms with E-state index < -0.39 is 0 Å². The standard InChI is InChI=1S/C18H21FN6O2S/c1-4-25-16(14-10-24(2)23-17(14)27-3)21-22-18(25)28-11-15(26)20-9-12-5-7-13(19)8-6-12/h5-8,10H,4,9,11H2,1-3H3,(H,20,26). The molecule has 0 saturated carbocycles. The van der Waals surface area contributed by atoms with E-state index in [1.807, 2.05) is 17.7 Å². The molecule has 2 heterocycles. The van der Waals surface area contributed by atoms with E-state index in [0.29, 0.717) is 30.0 Å². The van der Waals surface area contributed by atoms with Gasteiger partial charge in [0.25, 0.3) is 0 Å². The van der Waals surface area contributed by atoms with Crippen LogP contribution in [0.25, 0.3) is 11.4 Å². The number of methoxy groups -OCH3 is 1. The van der Waals surface area contributed by atoms with Crippen LogP contribution in [0.5, 0.6) is 5.88 Å². The van der Waals surface area contributed by atoms with Crippen molar-refractivity contribution in [1.82, 2.24) is 29.9 Å². The molecule has 1 N–H and O–H groups in total. The molecular weight excluding hydrogens is 383 g/mol. The zero-order chi connectivity index (χ0) is 20.1. The molecule has 2 aromatic heterocycles. The molecule has 0 atom stereocenters. The molecule has 10 heteroatoms. The molecule has 0 aliphatic rings. The number of thioether (sulfide) groups is 1. The lowest BCUT2D eigenvalue weighted by Crippen LogP contribution is -2.24. The van der Waals surface area contributed by atoms with Gasteiger partial charge in [0, 0.05) is 26.3 Å². The average molecular weight is 404 g/mol. The Morgan fingerprint density at radius 1 is 1.29 bits per heavy atom. The molecule has 1 aromatic carbocycles. The number of amides is 1. The fraction of sp³-hybridized carbons (Fsp3) is 0.333. The van der Waals surface area contributed by atoms with Gasteiger partial charge in [0.15, 0.2) is 11.0 Å². The van der Waals surface area contributed by atoms with Crippen molar-refractivity contribution in [1.29, 1.82) is 0 Å². The fourth-order valence-electron chi connectivity index (χ4n) is 2.64. The fourth-order valence-corrected chi connectivity index (χ4v) is 3.47. The van der Waals surface area contributed by atoms with Crippen molar-refractivity contribution in [3.8, 4) is 17.3 Å². The molecular formula is C18H21FN6O2S. The Morgan fingerprint density at radius 2 is 2.04 bits per heavy atom. The number of benzene rings is 1. The van der Waals surface area contributed by atoms with Crippen molar-refractivity contribution in [3.05, 3.63) is 41.8 Å². The van der Waals surface area contributed by atoms with Gasteiger partial charge in [-0.15, -0.1) is 15.3 Å². The van der Waals surface area contributed by atoms with E-state index in [0.717, 1.165) is 11.1 Å². The molecule has 0 radical (unpaired) electrons. The number of carbonyl (C=O) groups excluding carboxylic acids is 1. The van der Waals surface area contributed by atoms with Crippen LogP contribution in [0.3, 0.4) is 0 Å². The number of aryl methyl sites for hydroxylation is 1. The Bertz CT molecular complexity index is 954. The number of hydrogen-bond donors (Lipinski definition) is 1. The molecule has 0 fully saturated rings. The summed E-state index contributed by atoms with van der Waals surface area (Å²) < 4.78 is 21.8. The van der Waals surface area contributed by atoms with Crippen LogP contribution < -0.4 is 10.1 Å². The zero-order valence-electron chi connectivity index (χ0n) is 15.8. The third kappa shape index (κ3) is 4.50. The van der Waals surface area contributed by atoms with Crippen LogP contribution in [-0.2, 0) is 24.9 Å². The molecule has 1 amide bonds. The van der Waals surface area contributed by atoms with Crippen molar-refractivity contribution in [2.45, 2.75) is 25.2 Å². The van der Waals surface area contributed by atoms with Crippen molar-refractivity contribution in [3.63, 3.8) is 0 Å². The first kappa shape index (κ1) is 19.9. The number of rotatable bonds is 8. The summed E-state index contributed by atoms with van der Waals surface area (Å²) in [5, 5.41) is 16.2. The average Bonchev–Trinajstić information content (AvgIpc) is 3.27. The van der Waals surface area contributed by atoms with E-state index in [2.05, 4.69) is 20.6 Å². The van der Waals surface area contributed by atoms with Crippen molar-refractivity contribution < 1.29 is 13.9 Å². The Morgan fingerprint density at radius 3 is 2.71 bits per heavy atom. The lowest BCUT2D eigenvalue weighted by Gasteiger charge is -2.08. The minimum absolute atomic E-state index is 0.138. The second-order valence-corrected chi connectivity index (χ2v) is 6.91. The Hall–Kier alpha value is -2.88. The van der Waals surface area contributed by atoms with Crippen LogP contribution in [0, 0.1) is 5.82 Å². The predicted molar refractivity (Wildman–Crippen MR) is 103 cm³/mol. The highest BCUT2D eigenvalue weighted by Gasteiger charge is 2.20. The number of halogens is 1. The van der Waals surface area contributed by atoms with Gasteiger partial charge in [0.2, 0.25) is 11.8 Å². The van der Waals surface area contributed by atoms with Gasteiger partial charge in [-0.25, -0.2) is 4.39 Å². The van der Waals surface area contributed by atoms with Crippen LogP contribution in [0.1, 0.15) is 12.5 Å². The molecule has 0 unspecified atom stereocenters. The summed E-state index contributed by atoms with van der Waals surface area (Å²) in [5.74, 6) is 0.870. The van der Waals surface area contributed by atoms with E-state index in [9.17, 15) is 9.18 Å². The minimum Gasteiger partial charge on any atom is -0.479 e. The van der Waals surface area contributed by atoms with E-state index in [4.69, 9.17) is 4.74 Å². The van der Waals surface area contributed by atoms with Crippen LogP contribution >= 0.6 is 11.8 Å². The van der Waals surface area contributed by atoms with Crippen LogP contribution in [-0.4, -0.2) is 43.3 Å². The highest BCUT2D eigenvalue weighted by atomic mass is 32.2. The summed E-state index contributed by atoms with van der Waals surface area (Å²) in [5.41, 5.74) is 1.58. The summed E-state index contributed by atoms with van der Waals surface area (Å²) in [7, 11) is 3.36. The molecule has 3 rings (SSSR count). The Labute approximate surface area is 166 Å². The van der Waals surface area contributed by atoms with E-state index >= 15 is 0 Å². The van der Waals surface area contributed by atoms with Gasteiger partial charge in [0.1, 0.15) is 11.4 Å². The molecule has 0 aliphatic carbocycles. The van der Waals surface area contributed by atoms with Gasteiger partial charge in [0.05, 0.1) is 12.9 Å². The molecule has 148 valence electrons. The summed E-state index contributed by atoms with van der Waals surface area (Å²) >= 11 is 1.30. The lowest BCUT2D eigenvalue weighted by molar-refractivity contribution is -0.118. The SMILES string of the molecule is CCn1c(SCC(=O)NCc2ccc(F)cc2)nnc1-c1cn(C)nc1OC. The van der Waals surface area contributed by atoms with Crippen LogP contribution in [0.2, 0.25) is 0 Å². The molecule has 0 saturated heterocycles. The van der Waals surface area contributed by atoms with Crippen molar-refractivity contribution >= 4 is 17.7 Å². The van der Waals surface area contributed by atoms with Gasteiger partial charge in [-0.3, -0.25) is 9.48 Å². The first-order valence-electron chi connectivity index (χ1n) is 8.67. The number of carbonyl (C=O) groups is 1. The smallest absolute Gasteiger partial charge is 0.243 e. The topological polar surface area (TPSA) is 86.9 Å². The van der Waals surface area contributed by atoms with Gasteiger partial charge >= 0.3 is 0 Å². The molecule has 3 aromatic rings. The Balaban J connectivity index is 1.63. The maximum absolute atomic E-state index is 12.9. The van der Waals surface area contributed by atoms with E-state index in [1.165, 1.54) is 23.9 Å². The highest BCUT2D eigenvalue weighted by Crippen LogP contribution is 2.29. The summed E-state index contributed by atoms with van der Waals surface area (Å²) in [6.45, 7) is 2.96. The summed E-state index contributed by atoms with van der Waals surface area (Å²) in [6, 6.07) is 6.02. The molecule has 0 bridgehead atoms. The molecule has 28 heavy (non-hydrogen) atoms. The first-order valence-corrected chi connectivity index (χ1v) is 9.65. The largest absolute Gasteiger partial charge is 0.479 e. The van der Waals surface area contributed by atoms with E-state index in [-0.39, 0.29) is 17.5 Å². The molecule has 8 nitrogen and oxygen atoms in total. The van der Waals surface area contributed by atoms with Crippen LogP contribution in [0.4, 0.5) is 4.39 Å². The highest BCUT2D eigenvalue weighted by molar-refractivity contribution is 7.99. The van der Waals surface area contributed by atoms with Crippen molar-refractivity contribution in [2.75, 3.05) is 12.9 Å². The van der Waals surface area contributed by atoms with Gasteiger partial charge in [-0.05, 0) is 24.6 Å². The third-order valence-electron chi connectivity index (χ3n) is 4.00. The van der Waals surface area contributed by atoms with Crippen molar-refractivity contribution in [2.24, 2.45) is 7.05 Å². The summed E-state index contributed by atoms with van der Waals surface area (Å²) in [4.78, 5) is 12.1. The molecule has 0 aliphatic heterocycles. The number of nitrogens with one attached hydrogen (secondary N) is 1. The molecule has 0 spiro atoms. The monoisotopic (exact) mass is 404 g/mol. The predicted octanol–water partition coefficient (Wildman–Crippen LogP) is 2.25. The third-order valence-corrected chi connectivity index (χ3v) is 4.96. The quantitative estimate of drug-likeness (QED) is 0.580. The number of ether oxygens (including phenoxy) is 1. The summed E-state index contributed by atoms with van der Waals surface area (Å²) in [6.07, 6.45) is 1.82. The van der Waals surface area contributed by atoms with Gasteiger partial charge < -0.3 is 14.6 Å². The minimum atomic E-state index is -0.300. The number of aromatic nitrogens is 5. The second-order valence-electron chi connectivity index (χ2n) is 5.97. The van der Waals surface area contributed by atoms with Crippen LogP contribution in [0.15, 0.2) is 35.6 Å².